The van der Waals surface area contributed by atoms with Gasteiger partial charge in [0, 0.05) is 6.42 Å². The second-order valence-corrected chi connectivity index (χ2v) is 4.71. The SMILES string of the molecule is CCOC(=O)[C@@](C#N)(CCCCC#N)N(O)c1ccccc1. The zero-order valence-electron chi connectivity index (χ0n) is 12.5. The van der Waals surface area contributed by atoms with Crippen molar-refractivity contribution in [1.29, 1.82) is 10.5 Å². The molecule has 0 fully saturated rings. The molecule has 1 N–H and O–H groups in total. The predicted octanol–water partition coefficient (Wildman–Crippen LogP) is 2.79. The highest BCUT2D eigenvalue weighted by molar-refractivity contribution is 5.88. The van der Waals surface area contributed by atoms with Gasteiger partial charge >= 0.3 is 5.97 Å². The molecule has 0 heterocycles. The van der Waals surface area contributed by atoms with Crippen LogP contribution in [0.25, 0.3) is 0 Å². The van der Waals surface area contributed by atoms with Crippen molar-refractivity contribution in [3.63, 3.8) is 0 Å². The number of benzene rings is 1. The summed E-state index contributed by atoms with van der Waals surface area (Å²) in [5, 5.41) is 29.2. The molecule has 1 atom stereocenters. The predicted molar refractivity (Wildman–Crippen MR) is 79.8 cm³/mol. The fourth-order valence-electron chi connectivity index (χ4n) is 2.07. The number of rotatable bonds is 8. The minimum Gasteiger partial charge on any atom is -0.463 e. The van der Waals surface area contributed by atoms with Gasteiger partial charge < -0.3 is 4.74 Å². The smallest absolute Gasteiger partial charge is 0.349 e. The third kappa shape index (κ3) is 3.97. The summed E-state index contributed by atoms with van der Waals surface area (Å²) in [5.74, 6) is -0.791. The number of carbonyl (C=O) groups is 1. The fraction of sp³-hybridized carbons (Fsp3) is 0.438. The van der Waals surface area contributed by atoms with Crippen molar-refractivity contribution in [2.45, 2.75) is 38.1 Å². The summed E-state index contributed by atoms with van der Waals surface area (Å²) in [6, 6.07) is 12.3. The number of hydroxylamine groups is 1. The zero-order valence-corrected chi connectivity index (χ0v) is 12.5. The van der Waals surface area contributed by atoms with Crippen molar-refractivity contribution in [3.05, 3.63) is 30.3 Å². The Labute approximate surface area is 130 Å². The maximum Gasteiger partial charge on any atom is 0.349 e. The minimum absolute atomic E-state index is 0.0788. The zero-order chi connectivity index (χ0) is 16.4. The molecule has 116 valence electrons. The summed E-state index contributed by atoms with van der Waals surface area (Å²) in [5.41, 5.74) is -1.48. The lowest BCUT2D eigenvalue weighted by atomic mass is 9.92. The molecule has 1 aromatic rings. The van der Waals surface area contributed by atoms with Crippen LogP contribution in [0.1, 0.15) is 32.6 Å². The number of carbonyl (C=O) groups excluding carboxylic acids is 1. The van der Waals surface area contributed by atoms with Crippen molar-refractivity contribution in [2.24, 2.45) is 0 Å². The summed E-state index contributed by atoms with van der Waals surface area (Å²) in [4.78, 5) is 12.3. The van der Waals surface area contributed by atoms with E-state index >= 15 is 0 Å². The molecule has 0 unspecified atom stereocenters. The van der Waals surface area contributed by atoms with Crippen molar-refractivity contribution in [3.8, 4) is 12.1 Å². The maximum atomic E-state index is 12.3. The second-order valence-electron chi connectivity index (χ2n) is 4.71. The molecule has 0 aliphatic rings. The van der Waals surface area contributed by atoms with Gasteiger partial charge in [0.15, 0.2) is 0 Å². The molecule has 0 radical (unpaired) electrons. The highest BCUT2D eigenvalue weighted by Crippen LogP contribution is 2.28. The van der Waals surface area contributed by atoms with Gasteiger partial charge in [-0.2, -0.15) is 10.5 Å². The normalized spacial score (nSPS) is 12.5. The van der Waals surface area contributed by atoms with Crippen LogP contribution in [-0.2, 0) is 9.53 Å². The van der Waals surface area contributed by atoms with Crippen LogP contribution >= 0.6 is 0 Å². The number of esters is 1. The highest BCUT2D eigenvalue weighted by atomic mass is 16.6. The Balaban J connectivity index is 3.06. The first-order chi connectivity index (χ1) is 10.6. The number of anilines is 1. The average molecular weight is 301 g/mol. The average Bonchev–Trinajstić information content (AvgIpc) is 2.56. The van der Waals surface area contributed by atoms with E-state index in [4.69, 9.17) is 10.00 Å². The molecule has 1 rings (SSSR count). The van der Waals surface area contributed by atoms with Crippen LogP contribution in [0.4, 0.5) is 5.69 Å². The Morgan fingerprint density at radius 1 is 1.32 bits per heavy atom. The number of nitriles is 2. The first-order valence-corrected chi connectivity index (χ1v) is 7.12. The summed E-state index contributed by atoms with van der Waals surface area (Å²) in [7, 11) is 0. The van der Waals surface area contributed by atoms with Crippen molar-refractivity contribution < 1.29 is 14.7 Å². The van der Waals surface area contributed by atoms with Crippen LogP contribution in [0.5, 0.6) is 0 Å². The Hall–Kier alpha value is -2.57. The van der Waals surface area contributed by atoms with Crippen molar-refractivity contribution in [2.75, 3.05) is 11.7 Å². The molecule has 0 spiro atoms. The number of hydrogen-bond donors (Lipinski definition) is 1. The third-order valence-corrected chi connectivity index (χ3v) is 3.24. The topological polar surface area (TPSA) is 97.3 Å². The van der Waals surface area contributed by atoms with E-state index in [9.17, 15) is 15.3 Å². The van der Waals surface area contributed by atoms with Gasteiger partial charge in [0.2, 0.25) is 5.54 Å². The number of ether oxygens (including phenoxy) is 1. The monoisotopic (exact) mass is 301 g/mol. The van der Waals surface area contributed by atoms with Crippen molar-refractivity contribution in [1.82, 2.24) is 0 Å². The Morgan fingerprint density at radius 3 is 2.55 bits per heavy atom. The highest BCUT2D eigenvalue weighted by Gasteiger charge is 2.46. The maximum absolute atomic E-state index is 12.3. The molecular formula is C16H19N3O3. The van der Waals surface area contributed by atoms with Gasteiger partial charge in [0.05, 0.1) is 18.4 Å². The molecule has 0 bridgehead atoms. The van der Waals surface area contributed by atoms with E-state index in [1.807, 2.05) is 12.1 Å². The number of hydrogen-bond acceptors (Lipinski definition) is 6. The van der Waals surface area contributed by atoms with E-state index in [0.29, 0.717) is 30.0 Å². The van der Waals surface area contributed by atoms with Gasteiger partial charge in [-0.05, 0) is 38.3 Å². The van der Waals surface area contributed by atoms with Crippen LogP contribution < -0.4 is 5.06 Å². The Kier molecular flexibility index (Phi) is 6.88. The third-order valence-electron chi connectivity index (χ3n) is 3.24. The van der Waals surface area contributed by atoms with Gasteiger partial charge in [-0.15, -0.1) is 0 Å². The van der Waals surface area contributed by atoms with Gasteiger partial charge in [-0.3, -0.25) is 5.21 Å². The number of unbranched alkanes of at least 4 members (excludes halogenated alkanes) is 2. The molecule has 6 nitrogen and oxygen atoms in total. The Bertz CT molecular complexity index is 562. The first-order valence-electron chi connectivity index (χ1n) is 7.12. The molecule has 0 saturated heterocycles. The largest absolute Gasteiger partial charge is 0.463 e. The summed E-state index contributed by atoms with van der Waals surface area (Å²) in [6.07, 6.45) is 1.41. The summed E-state index contributed by atoms with van der Waals surface area (Å²) >= 11 is 0. The van der Waals surface area contributed by atoms with Crippen LogP contribution in [0.15, 0.2) is 30.3 Å². The molecule has 0 aromatic heterocycles. The number of para-hydroxylation sites is 1. The second kappa shape index (κ2) is 8.66. The van der Waals surface area contributed by atoms with E-state index < -0.39 is 11.5 Å². The van der Waals surface area contributed by atoms with E-state index in [-0.39, 0.29) is 13.0 Å². The van der Waals surface area contributed by atoms with E-state index in [1.54, 1.807) is 37.3 Å². The molecular weight excluding hydrogens is 282 g/mol. The van der Waals surface area contributed by atoms with Gasteiger partial charge in [0.1, 0.15) is 6.07 Å². The van der Waals surface area contributed by atoms with E-state index in [1.165, 1.54) is 0 Å². The van der Waals surface area contributed by atoms with Crippen LogP contribution in [0.2, 0.25) is 0 Å². The van der Waals surface area contributed by atoms with Crippen LogP contribution in [0.3, 0.4) is 0 Å². The lowest BCUT2D eigenvalue weighted by molar-refractivity contribution is -0.150. The molecule has 0 amide bonds. The molecule has 0 aliphatic carbocycles. The van der Waals surface area contributed by atoms with Gasteiger partial charge in [-0.1, -0.05) is 18.2 Å². The minimum atomic E-state index is -1.81. The van der Waals surface area contributed by atoms with E-state index in [0.717, 1.165) is 0 Å². The molecule has 6 heteroatoms. The molecule has 0 saturated carbocycles. The van der Waals surface area contributed by atoms with Gasteiger partial charge in [0.25, 0.3) is 0 Å². The van der Waals surface area contributed by atoms with Gasteiger partial charge in [-0.25, -0.2) is 9.86 Å². The quantitative estimate of drug-likeness (QED) is 0.450. The molecule has 22 heavy (non-hydrogen) atoms. The Morgan fingerprint density at radius 2 is 2.00 bits per heavy atom. The van der Waals surface area contributed by atoms with Crippen LogP contribution in [0, 0.1) is 22.7 Å². The van der Waals surface area contributed by atoms with Crippen molar-refractivity contribution >= 4 is 11.7 Å². The lowest BCUT2D eigenvalue weighted by Gasteiger charge is -2.33. The van der Waals surface area contributed by atoms with E-state index in [2.05, 4.69) is 0 Å². The summed E-state index contributed by atoms with van der Waals surface area (Å²) in [6.45, 7) is 1.75. The fourth-order valence-corrected chi connectivity index (χ4v) is 2.07. The molecule has 1 aromatic carbocycles. The first kappa shape index (κ1) is 17.5. The summed E-state index contributed by atoms with van der Waals surface area (Å²) < 4.78 is 4.97. The lowest BCUT2D eigenvalue weighted by Crippen LogP contribution is -2.53. The van der Waals surface area contributed by atoms with Crippen LogP contribution in [-0.4, -0.2) is 23.3 Å². The standard InChI is InChI=1S/C16H19N3O3/c1-2-22-15(20)16(13-18,11-7-4-8-12-17)19(21)14-9-5-3-6-10-14/h3,5-6,9-10,21H,2,4,7-8,11H2,1H3/t16-/m0/s1. The number of nitrogens with zero attached hydrogens (tertiary/aromatic N) is 3. The molecule has 0 aliphatic heterocycles.